The Bertz CT molecular complexity index is 1460. The average molecular weight is 911 g/mol. The van der Waals surface area contributed by atoms with Gasteiger partial charge in [0.1, 0.15) is 13.2 Å². The zero-order valence-electron chi connectivity index (χ0n) is 42.1. The van der Waals surface area contributed by atoms with Crippen molar-refractivity contribution in [2.45, 2.75) is 213 Å². The zero-order valence-corrected chi connectivity index (χ0v) is 42.1. The van der Waals surface area contributed by atoms with Gasteiger partial charge in [0.25, 0.3) is 0 Å². The fourth-order valence-electron chi connectivity index (χ4n) is 6.70. The van der Waals surface area contributed by atoms with Crippen molar-refractivity contribution in [2.24, 2.45) is 0 Å². The number of rotatable bonds is 45. The summed E-state index contributed by atoms with van der Waals surface area (Å²) in [5, 5.41) is 0. The number of ether oxygens (including phenoxy) is 3. The predicted molar refractivity (Wildman–Crippen MR) is 283 cm³/mol. The monoisotopic (exact) mass is 911 g/mol. The summed E-state index contributed by atoms with van der Waals surface area (Å²) in [6.45, 7) is 6.27. The number of hydrogen-bond acceptors (Lipinski definition) is 6. The highest BCUT2D eigenvalue weighted by Gasteiger charge is 2.19. The second-order valence-electron chi connectivity index (χ2n) is 16.9. The van der Waals surface area contributed by atoms with E-state index >= 15 is 0 Å². The number of allylic oxidation sites excluding steroid dienone is 22. The second-order valence-corrected chi connectivity index (χ2v) is 16.9. The minimum atomic E-state index is -0.821. The fourth-order valence-corrected chi connectivity index (χ4v) is 6.70. The number of hydrogen-bond donors (Lipinski definition) is 0. The molecule has 0 aromatic carbocycles. The van der Waals surface area contributed by atoms with Crippen LogP contribution < -0.4 is 0 Å². The molecule has 0 saturated carbocycles. The van der Waals surface area contributed by atoms with Crippen LogP contribution >= 0.6 is 0 Å². The van der Waals surface area contributed by atoms with Crippen molar-refractivity contribution in [1.29, 1.82) is 0 Å². The number of unbranched alkanes of at least 4 members (excludes halogenated alkanes) is 20. The summed E-state index contributed by atoms with van der Waals surface area (Å²) in [6.07, 6.45) is 74.3. The van der Waals surface area contributed by atoms with Gasteiger partial charge in [0.2, 0.25) is 0 Å². The van der Waals surface area contributed by atoms with Crippen molar-refractivity contribution < 1.29 is 28.6 Å². The molecular weight excluding hydrogens is 817 g/mol. The van der Waals surface area contributed by atoms with Crippen LogP contribution in [0.5, 0.6) is 0 Å². The van der Waals surface area contributed by atoms with Gasteiger partial charge in [0.15, 0.2) is 6.10 Å². The van der Waals surface area contributed by atoms with Crippen molar-refractivity contribution >= 4 is 17.9 Å². The van der Waals surface area contributed by atoms with Gasteiger partial charge in [0, 0.05) is 19.3 Å². The van der Waals surface area contributed by atoms with E-state index in [1.807, 2.05) is 66.8 Å². The minimum absolute atomic E-state index is 0.116. The standard InChI is InChI=1S/C60H94O6/c1-4-7-10-13-16-19-22-25-27-29-31-32-35-38-41-44-47-50-53-59(62)65-56-57(55-64-58(61)52-49-46-43-40-37-34-24-21-18-15-12-9-6-3)66-60(63)54-51-48-45-42-39-36-33-30-28-26-23-20-17-14-11-8-5-2/h8-9,11-12,14-15,17-18,20-21,23-24,26-33,36,39,57H,4-7,10,13,16,19,22,25,34-35,37-38,40-56H2,1-3H3/b11-8+,12-9+,17-14+,18-15+,23-20+,24-21+,28-26+,29-27+,32-31+,33-30+,39-36+. The van der Waals surface area contributed by atoms with Crippen LogP contribution in [0, 0.1) is 0 Å². The number of carbonyl (C=O) groups is 3. The second kappa shape index (κ2) is 53.2. The van der Waals surface area contributed by atoms with E-state index in [4.69, 9.17) is 14.2 Å². The van der Waals surface area contributed by atoms with Crippen LogP contribution in [0.2, 0.25) is 0 Å². The summed E-state index contributed by atoms with van der Waals surface area (Å²) in [5.41, 5.74) is 0. The van der Waals surface area contributed by atoms with Crippen molar-refractivity contribution in [1.82, 2.24) is 0 Å². The third kappa shape index (κ3) is 50.5. The lowest BCUT2D eigenvalue weighted by molar-refractivity contribution is -0.167. The molecular formula is C60H94O6. The Balaban J connectivity index is 4.55. The first kappa shape index (κ1) is 61.5. The van der Waals surface area contributed by atoms with Crippen molar-refractivity contribution in [3.8, 4) is 0 Å². The maximum Gasteiger partial charge on any atom is 0.306 e. The topological polar surface area (TPSA) is 78.9 Å². The summed E-state index contributed by atoms with van der Waals surface area (Å²) < 4.78 is 16.7. The van der Waals surface area contributed by atoms with E-state index in [-0.39, 0.29) is 37.5 Å². The van der Waals surface area contributed by atoms with Gasteiger partial charge in [0.05, 0.1) is 0 Å². The molecule has 0 fully saturated rings. The Labute approximate surface area is 405 Å². The van der Waals surface area contributed by atoms with Crippen molar-refractivity contribution in [3.05, 3.63) is 134 Å². The molecule has 0 bridgehead atoms. The summed E-state index contributed by atoms with van der Waals surface area (Å²) in [4.78, 5) is 38.0. The van der Waals surface area contributed by atoms with Crippen LogP contribution in [0.3, 0.4) is 0 Å². The lowest BCUT2D eigenvalue weighted by Gasteiger charge is -2.18. The van der Waals surface area contributed by atoms with E-state index in [1.165, 1.54) is 51.4 Å². The molecule has 0 radical (unpaired) electrons. The Morgan fingerprint density at radius 2 is 0.591 bits per heavy atom. The first-order valence-electron chi connectivity index (χ1n) is 26.3. The van der Waals surface area contributed by atoms with Crippen LogP contribution in [0.4, 0.5) is 0 Å². The minimum Gasteiger partial charge on any atom is -0.462 e. The molecule has 0 aliphatic heterocycles. The van der Waals surface area contributed by atoms with Crippen LogP contribution in [0.15, 0.2) is 134 Å². The van der Waals surface area contributed by atoms with Crippen LogP contribution in [0.1, 0.15) is 207 Å². The largest absolute Gasteiger partial charge is 0.462 e. The van der Waals surface area contributed by atoms with E-state index in [0.29, 0.717) is 19.3 Å². The maximum atomic E-state index is 12.8. The molecule has 6 nitrogen and oxygen atoms in total. The van der Waals surface area contributed by atoms with Gasteiger partial charge in [-0.1, -0.05) is 238 Å². The third-order valence-corrected chi connectivity index (χ3v) is 10.6. The molecule has 0 saturated heterocycles. The average Bonchev–Trinajstić information content (AvgIpc) is 3.31. The van der Waals surface area contributed by atoms with Gasteiger partial charge in [-0.2, -0.15) is 0 Å². The molecule has 0 amide bonds. The van der Waals surface area contributed by atoms with Gasteiger partial charge >= 0.3 is 17.9 Å². The molecule has 0 N–H and O–H groups in total. The smallest absolute Gasteiger partial charge is 0.306 e. The molecule has 0 aromatic heterocycles. The van der Waals surface area contributed by atoms with E-state index in [2.05, 4.69) is 87.6 Å². The zero-order chi connectivity index (χ0) is 47.9. The molecule has 1 unspecified atom stereocenters. The highest BCUT2D eigenvalue weighted by atomic mass is 16.6. The summed E-state index contributed by atoms with van der Waals surface area (Å²) in [5.74, 6) is -1.00. The predicted octanol–water partition coefficient (Wildman–Crippen LogP) is 17.5. The molecule has 0 aliphatic carbocycles. The van der Waals surface area contributed by atoms with Gasteiger partial charge in [-0.3, -0.25) is 14.4 Å². The molecule has 0 aromatic rings. The fraction of sp³-hybridized carbons (Fsp3) is 0.583. The summed E-state index contributed by atoms with van der Waals surface area (Å²) in [6, 6.07) is 0. The van der Waals surface area contributed by atoms with Crippen LogP contribution in [-0.4, -0.2) is 37.2 Å². The van der Waals surface area contributed by atoms with Crippen molar-refractivity contribution in [3.63, 3.8) is 0 Å². The highest BCUT2D eigenvalue weighted by molar-refractivity contribution is 5.71. The first-order valence-corrected chi connectivity index (χ1v) is 26.3. The van der Waals surface area contributed by atoms with E-state index < -0.39 is 6.10 Å². The van der Waals surface area contributed by atoms with E-state index in [0.717, 1.165) is 109 Å². The number of esters is 3. The first-order chi connectivity index (χ1) is 32.5. The normalized spacial score (nSPS) is 13.2. The molecule has 0 rings (SSSR count). The van der Waals surface area contributed by atoms with Gasteiger partial charge in [-0.25, -0.2) is 0 Å². The quantitative estimate of drug-likeness (QED) is 0.0262. The molecule has 0 spiro atoms. The molecule has 0 heterocycles. The van der Waals surface area contributed by atoms with Gasteiger partial charge in [-0.15, -0.1) is 0 Å². The SMILES string of the molecule is CC/C=C/C=C/C=C/C=C/C=C/C=C/CCCCCC(=O)OC(COC(=O)CCCCCCC/C=C/C=C/C=C/CC)COC(=O)CCCCCCC/C=C/C=C/CCCCCCCCC. The molecule has 66 heavy (non-hydrogen) atoms. The van der Waals surface area contributed by atoms with E-state index in [1.54, 1.807) is 0 Å². The van der Waals surface area contributed by atoms with Crippen LogP contribution in [-0.2, 0) is 28.6 Å². The van der Waals surface area contributed by atoms with E-state index in [9.17, 15) is 14.4 Å². The van der Waals surface area contributed by atoms with Crippen molar-refractivity contribution in [2.75, 3.05) is 13.2 Å². The Kier molecular flexibility index (Phi) is 49.6. The molecule has 1 atom stereocenters. The maximum absolute atomic E-state index is 12.8. The highest BCUT2D eigenvalue weighted by Crippen LogP contribution is 2.13. The van der Waals surface area contributed by atoms with Gasteiger partial charge < -0.3 is 14.2 Å². The Morgan fingerprint density at radius 1 is 0.318 bits per heavy atom. The molecule has 370 valence electrons. The lowest BCUT2D eigenvalue weighted by Crippen LogP contribution is -2.30. The summed E-state index contributed by atoms with van der Waals surface area (Å²) in [7, 11) is 0. The lowest BCUT2D eigenvalue weighted by atomic mass is 10.1. The number of carbonyl (C=O) groups excluding carboxylic acids is 3. The van der Waals surface area contributed by atoms with Gasteiger partial charge in [-0.05, 0) is 83.5 Å². The third-order valence-electron chi connectivity index (χ3n) is 10.6. The summed E-state index contributed by atoms with van der Waals surface area (Å²) >= 11 is 0. The van der Waals surface area contributed by atoms with Crippen LogP contribution in [0.25, 0.3) is 0 Å². The molecule has 6 heteroatoms. The molecule has 0 aliphatic rings. The Hall–Kier alpha value is -4.45. The Morgan fingerprint density at radius 3 is 0.955 bits per heavy atom.